The van der Waals surface area contributed by atoms with E-state index in [1.807, 2.05) is 0 Å². The topological polar surface area (TPSA) is 73.6 Å². The molecule has 1 aromatic rings. The minimum absolute atomic E-state index is 0.0434. The summed E-state index contributed by atoms with van der Waals surface area (Å²) in [5, 5.41) is 13.8. The van der Waals surface area contributed by atoms with Gasteiger partial charge in [0.25, 0.3) is 5.69 Å². The van der Waals surface area contributed by atoms with Crippen LogP contribution in [0, 0.1) is 10.1 Å². The lowest BCUT2D eigenvalue weighted by Crippen LogP contribution is -2.32. The second-order valence-corrected chi connectivity index (χ2v) is 4.19. The van der Waals surface area contributed by atoms with E-state index in [-0.39, 0.29) is 11.8 Å². The van der Waals surface area contributed by atoms with Gasteiger partial charge in [-0.05, 0) is 18.5 Å². The molecule has 0 fully saturated rings. The molecule has 106 valence electrons. The number of rotatable bonds is 9. The van der Waals surface area contributed by atoms with Gasteiger partial charge in [0.05, 0.1) is 17.6 Å². The maximum Gasteiger partial charge on any atom is 0.269 e. The Morgan fingerprint density at radius 3 is 2.53 bits per heavy atom. The number of hydrogen-bond donors (Lipinski definition) is 1. The number of nitro groups is 1. The normalized spacial score (nSPS) is 12.3. The number of hydrogen-bond acceptors (Lipinski definition) is 5. The molecule has 0 aromatic heterocycles. The molecule has 1 rings (SSSR count). The summed E-state index contributed by atoms with van der Waals surface area (Å²) in [5.41, 5.74) is 1.19. The maximum atomic E-state index is 10.5. The van der Waals surface area contributed by atoms with Crippen LogP contribution >= 0.6 is 0 Å². The van der Waals surface area contributed by atoms with Crippen LogP contribution in [-0.2, 0) is 15.9 Å². The molecular formula is C13H20N2O4. The van der Waals surface area contributed by atoms with Gasteiger partial charge in [0.1, 0.15) is 0 Å². The molecule has 0 amide bonds. The summed E-state index contributed by atoms with van der Waals surface area (Å²) in [6, 6.07) is 6.61. The number of benzene rings is 1. The van der Waals surface area contributed by atoms with Crippen molar-refractivity contribution < 1.29 is 14.4 Å². The molecule has 0 spiro atoms. The number of ether oxygens (including phenoxy) is 2. The van der Waals surface area contributed by atoms with Gasteiger partial charge in [-0.15, -0.1) is 0 Å². The van der Waals surface area contributed by atoms with E-state index in [1.54, 1.807) is 26.4 Å². The van der Waals surface area contributed by atoms with Gasteiger partial charge in [0.2, 0.25) is 0 Å². The summed E-state index contributed by atoms with van der Waals surface area (Å²) >= 11 is 0. The molecule has 0 radical (unpaired) electrons. The van der Waals surface area contributed by atoms with Crippen molar-refractivity contribution in [3.8, 4) is 0 Å². The molecule has 19 heavy (non-hydrogen) atoms. The highest BCUT2D eigenvalue weighted by Gasteiger charge is 2.06. The fourth-order valence-electron chi connectivity index (χ4n) is 1.68. The quantitative estimate of drug-likeness (QED) is 0.416. The van der Waals surface area contributed by atoms with Crippen LogP contribution in [0.25, 0.3) is 0 Å². The third-order valence-electron chi connectivity index (χ3n) is 2.80. The number of nitrogens with one attached hydrogen (secondary N) is 1. The smallest absolute Gasteiger partial charge is 0.269 e. The first-order valence-electron chi connectivity index (χ1n) is 6.13. The van der Waals surface area contributed by atoms with Crippen LogP contribution in [0.3, 0.4) is 0 Å². The first kappa shape index (κ1) is 15.6. The lowest BCUT2D eigenvalue weighted by molar-refractivity contribution is -0.384. The molecule has 0 bridgehead atoms. The average molecular weight is 268 g/mol. The number of nitro benzene ring substituents is 1. The zero-order valence-corrected chi connectivity index (χ0v) is 11.3. The summed E-state index contributed by atoms with van der Waals surface area (Å²) in [6.07, 6.45) is 0.864. The van der Waals surface area contributed by atoms with Crippen molar-refractivity contribution in [1.82, 2.24) is 5.32 Å². The Balaban J connectivity index is 2.27. The van der Waals surface area contributed by atoms with Crippen LogP contribution in [0.4, 0.5) is 5.69 Å². The van der Waals surface area contributed by atoms with Gasteiger partial charge in [-0.1, -0.05) is 12.1 Å². The average Bonchev–Trinajstić information content (AvgIpc) is 2.42. The van der Waals surface area contributed by atoms with Crippen LogP contribution in [0.15, 0.2) is 24.3 Å². The molecule has 0 heterocycles. The molecule has 6 heteroatoms. The lowest BCUT2D eigenvalue weighted by atomic mass is 10.1. The zero-order chi connectivity index (χ0) is 14.1. The molecule has 0 aliphatic carbocycles. The lowest BCUT2D eigenvalue weighted by Gasteiger charge is -2.14. The molecule has 1 aromatic carbocycles. The van der Waals surface area contributed by atoms with Crippen LogP contribution in [0.1, 0.15) is 5.56 Å². The Labute approximate surface area is 112 Å². The Morgan fingerprint density at radius 1 is 1.32 bits per heavy atom. The van der Waals surface area contributed by atoms with E-state index in [2.05, 4.69) is 5.32 Å². The zero-order valence-electron chi connectivity index (χ0n) is 11.3. The summed E-state index contributed by atoms with van der Waals surface area (Å²) in [7, 11) is 3.30. The standard InChI is InChI=1S/C13H20N2O4/c1-18-10-13(19-2)9-14-8-7-11-3-5-12(6-4-11)15(16)17/h3-6,13-14H,7-10H2,1-2H3. The molecule has 0 saturated carbocycles. The Morgan fingerprint density at radius 2 is 2.00 bits per heavy atom. The summed E-state index contributed by atoms with van der Waals surface area (Å²) in [6.45, 7) is 2.07. The number of methoxy groups -OCH3 is 2. The highest BCUT2D eigenvalue weighted by Crippen LogP contribution is 2.11. The molecule has 0 aliphatic rings. The van der Waals surface area contributed by atoms with E-state index in [4.69, 9.17) is 9.47 Å². The minimum atomic E-state index is -0.393. The van der Waals surface area contributed by atoms with Crippen molar-refractivity contribution in [2.75, 3.05) is 33.9 Å². The predicted molar refractivity (Wildman–Crippen MR) is 72.3 cm³/mol. The van der Waals surface area contributed by atoms with Gasteiger partial charge < -0.3 is 14.8 Å². The van der Waals surface area contributed by atoms with Crippen LogP contribution in [0.5, 0.6) is 0 Å². The van der Waals surface area contributed by atoms with Crippen LogP contribution < -0.4 is 5.32 Å². The second kappa shape index (κ2) is 8.58. The third kappa shape index (κ3) is 5.78. The van der Waals surface area contributed by atoms with E-state index >= 15 is 0 Å². The van der Waals surface area contributed by atoms with E-state index in [0.29, 0.717) is 6.61 Å². The van der Waals surface area contributed by atoms with Gasteiger partial charge in [-0.3, -0.25) is 10.1 Å². The Kier molecular flexibility index (Phi) is 7.02. The summed E-state index contributed by atoms with van der Waals surface area (Å²) in [4.78, 5) is 10.1. The van der Waals surface area contributed by atoms with Gasteiger partial charge in [-0.25, -0.2) is 0 Å². The summed E-state index contributed by atoms with van der Waals surface area (Å²) in [5.74, 6) is 0. The van der Waals surface area contributed by atoms with Crippen LogP contribution in [-0.4, -0.2) is 44.9 Å². The molecule has 1 unspecified atom stereocenters. The van der Waals surface area contributed by atoms with Crippen molar-refractivity contribution in [3.05, 3.63) is 39.9 Å². The first-order valence-corrected chi connectivity index (χ1v) is 6.13. The van der Waals surface area contributed by atoms with Gasteiger partial charge >= 0.3 is 0 Å². The van der Waals surface area contributed by atoms with Crippen molar-refractivity contribution in [3.63, 3.8) is 0 Å². The molecule has 1 atom stereocenters. The number of nitrogens with zero attached hydrogens (tertiary/aromatic N) is 1. The van der Waals surface area contributed by atoms with E-state index < -0.39 is 4.92 Å². The fourth-order valence-corrected chi connectivity index (χ4v) is 1.68. The van der Waals surface area contributed by atoms with Gasteiger partial charge in [0, 0.05) is 32.9 Å². The number of non-ortho nitro benzene ring substituents is 1. The van der Waals surface area contributed by atoms with Crippen LogP contribution in [0.2, 0.25) is 0 Å². The van der Waals surface area contributed by atoms with Crippen molar-refractivity contribution in [2.45, 2.75) is 12.5 Å². The van der Waals surface area contributed by atoms with E-state index in [1.165, 1.54) is 12.1 Å². The maximum absolute atomic E-state index is 10.5. The molecule has 0 saturated heterocycles. The van der Waals surface area contributed by atoms with E-state index in [9.17, 15) is 10.1 Å². The van der Waals surface area contributed by atoms with Crippen molar-refractivity contribution in [1.29, 1.82) is 0 Å². The third-order valence-corrected chi connectivity index (χ3v) is 2.80. The fraction of sp³-hybridized carbons (Fsp3) is 0.538. The SMILES string of the molecule is COCC(CNCCc1ccc([N+](=O)[O-])cc1)OC. The minimum Gasteiger partial charge on any atom is -0.382 e. The Bertz CT molecular complexity index is 381. The Hall–Kier alpha value is -1.50. The van der Waals surface area contributed by atoms with E-state index in [0.717, 1.165) is 25.1 Å². The first-order chi connectivity index (χ1) is 9.17. The predicted octanol–water partition coefficient (Wildman–Crippen LogP) is 1.39. The highest BCUT2D eigenvalue weighted by molar-refractivity contribution is 5.32. The molecular weight excluding hydrogens is 248 g/mol. The molecule has 6 nitrogen and oxygen atoms in total. The van der Waals surface area contributed by atoms with Crippen molar-refractivity contribution in [2.24, 2.45) is 0 Å². The summed E-state index contributed by atoms with van der Waals surface area (Å²) < 4.78 is 10.2. The van der Waals surface area contributed by atoms with Gasteiger partial charge in [0.15, 0.2) is 0 Å². The molecule has 0 aliphatic heterocycles. The van der Waals surface area contributed by atoms with Crippen molar-refractivity contribution >= 4 is 5.69 Å². The highest BCUT2D eigenvalue weighted by atomic mass is 16.6. The van der Waals surface area contributed by atoms with Gasteiger partial charge in [-0.2, -0.15) is 0 Å². The second-order valence-electron chi connectivity index (χ2n) is 4.19. The monoisotopic (exact) mass is 268 g/mol. The molecule has 1 N–H and O–H groups in total. The largest absolute Gasteiger partial charge is 0.382 e.